The number of nitro groups is 1. The molecule has 2 aromatic carbocycles. The van der Waals surface area contributed by atoms with Crippen LogP contribution in [0.4, 0.5) is 11.4 Å². The van der Waals surface area contributed by atoms with Crippen molar-refractivity contribution in [3.63, 3.8) is 0 Å². The molecule has 10 heteroatoms. The van der Waals surface area contributed by atoms with Crippen LogP contribution in [0.15, 0.2) is 52.7 Å². The molecule has 3 rings (SSSR count). The second kappa shape index (κ2) is 7.95. The quantitative estimate of drug-likeness (QED) is 0.457. The number of hydrogen-bond acceptors (Lipinski definition) is 8. The SMILES string of the molecule is CC(/C=N/Nc1ccc([N+](=O)[O-])cc1)=N\NC(=O)c1ccc2c(c1)OCO2. The van der Waals surface area contributed by atoms with Gasteiger partial charge in [-0.05, 0) is 37.3 Å². The van der Waals surface area contributed by atoms with Gasteiger partial charge in [-0.25, -0.2) is 5.43 Å². The molecule has 0 saturated heterocycles. The zero-order chi connectivity index (χ0) is 19.2. The highest BCUT2D eigenvalue weighted by molar-refractivity contribution is 6.29. The molecule has 0 unspecified atom stereocenters. The smallest absolute Gasteiger partial charge is 0.271 e. The van der Waals surface area contributed by atoms with Gasteiger partial charge in [0.05, 0.1) is 22.5 Å². The van der Waals surface area contributed by atoms with Crippen LogP contribution < -0.4 is 20.3 Å². The Morgan fingerprint density at radius 3 is 2.67 bits per heavy atom. The molecule has 0 spiro atoms. The van der Waals surface area contributed by atoms with Crippen molar-refractivity contribution in [3.05, 3.63) is 58.1 Å². The van der Waals surface area contributed by atoms with E-state index in [0.717, 1.165) is 0 Å². The van der Waals surface area contributed by atoms with Crippen LogP contribution in [-0.2, 0) is 0 Å². The van der Waals surface area contributed by atoms with E-state index >= 15 is 0 Å². The summed E-state index contributed by atoms with van der Waals surface area (Å²) in [5.74, 6) is 0.706. The molecule has 1 amide bonds. The molecule has 0 bridgehead atoms. The predicted molar refractivity (Wildman–Crippen MR) is 98.4 cm³/mol. The summed E-state index contributed by atoms with van der Waals surface area (Å²) in [7, 11) is 0. The van der Waals surface area contributed by atoms with E-state index < -0.39 is 10.8 Å². The van der Waals surface area contributed by atoms with Crippen molar-refractivity contribution >= 4 is 29.2 Å². The molecule has 0 atom stereocenters. The molecule has 1 aliphatic heterocycles. The number of amides is 1. The zero-order valence-electron chi connectivity index (χ0n) is 14.2. The van der Waals surface area contributed by atoms with Crippen molar-refractivity contribution in [2.45, 2.75) is 6.92 Å². The lowest BCUT2D eigenvalue weighted by atomic mass is 10.2. The van der Waals surface area contributed by atoms with E-state index in [1.165, 1.54) is 30.5 Å². The summed E-state index contributed by atoms with van der Waals surface area (Å²) in [5, 5.41) is 18.5. The molecule has 2 N–H and O–H groups in total. The molecule has 27 heavy (non-hydrogen) atoms. The molecule has 0 aromatic heterocycles. The number of hydrogen-bond donors (Lipinski definition) is 2. The minimum absolute atomic E-state index is 0.00602. The summed E-state index contributed by atoms with van der Waals surface area (Å²) in [4.78, 5) is 22.2. The van der Waals surface area contributed by atoms with Gasteiger partial charge < -0.3 is 9.47 Å². The molecule has 138 valence electrons. The molecular weight excluding hydrogens is 354 g/mol. The summed E-state index contributed by atoms with van der Waals surface area (Å²) in [6.45, 7) is 1.79. The first kappa shape index (κ1) is 17.9. The fourth-order valence-corrected chi connectivity index (χ4v) is 2.13. The number of hydrazone groups is 2. The third kappa shape index (κ3) is 4.57. The van der Waals surface area contributed by atoms with Crippen LogP contribution in [0.5, 0.6) is 11.5 Å². The van der Waals surface area contributed by atoms with E-state index in [1.807, 2.05) is 0 Å². The Morgan fingerprint density at radius 1 is 1.19 bits per heavy atom. The number of carbonyl (C=O) groups is 1. The highest BCUT2D eigenvalue weighted by Crippen LogP contribution is 2.32. The minimum atomic E-state index is -0.479. The first-order valence-electron chi connectivity index (χ1n) is 7.81. The Hall–Kier alpha value is -3.95. The van der Waals surface area contributed by atoms with Crippen molar-refractivity contribution in [1.82, 2.24) is 5.43 Å². The predicted octanol–water partition coefficient (Wildman–Crippen LogP) is 2.53. The molecule has 0 fully saturated rings. The maximum atomic E-state index is 12.1. The Morgan fingerprint density at radius 2 is 1.93 bits per heavy atom. The number of nitrogens with zero attached hydrogens (tertiary/aromatic N) is 3. The minimum Gasteiger partial charge on any atom is -0.454 e. The van der Waals surface area contributed by atoms with E-state index in [0.29, 0.717) is 28.5 Å². The Kier molecular flexibility index (Phi) is 5.26. The van der Waals surface area contributed by atoms with Gasteiger partial charge in [-0.15, -0.1) is 0 Å². The number of nitro benzene ring substituents is 1. The van der Waals surface area contributed by atoms with E-state index in [4.69, 9.17) is 9.47 Å². The average molecular weight is 369 g/mol. The number of benzene rings is 2. The van der Waals surface area contributed by atoms with Crippen molar-refractivity contribution in [2.24, 2.45) is 10.2 Å². The van der Waals surface area contributed by atoms with E-state index in [1.54, 1.807) is 25.1 Å². The van der Waals surface area contributed by atoms with Gasteiger partial charge in [-0.3, -0.25) is 20.3 Å². The summed E-state index contributed by atoms with van der Waals surface area (Å²) >= 11 is 0. The van der Waals surface area contributed by atoms with Crippen LogP contribution >= 0.6 is 0 Å². The molecule has 1 aliphatic rings. The normalized spacial score (nSPS) is 12.9. The molecule has 1 heterocycles. The number of fused-ring (bicyclic) bond motifs is 1. The molecular formula is C17H15N5O5. The van der Waals surface area contributed by atoms with E-state index in [9.17, 15) is 14.9 Å². The van der Waals surface area contributed by atoms with Gasteiger partial charge in [0, 0.05) is 17.7 Å². The molecule has 0 saturated carbocycles. The van der Waals surface area contributed by atoms with E-state index in [2.05, 4.69) is 21.1 Å². The van der Waals surface area contributed by atoms with Gasteiger partial charge in [0.2, 0.25) is 6.79 Å². The lowest BCUT2D eigenvalue weighted by molar-refractivity contribution is -0.384. The van der Waals surface area contributed by atoms with Gasteiger partial charge in [-0.1, -0.05) is 0 Å². The van der Waals surface area contributed by atoms with Gasteiger partial charge in [0.25, 0.3) is 11.6 Å². The van der Waals surface area contributed by atoms with Gasteiger partial charge in [-0.2, -0.15) is 10.2 Å². The number of nitrogens with one attached hydrogen (secondary N) is 2. The fraction of sp³-hybridized carbons (Fsp3) is 0.118. The number of non-ortho nitro benzene ring substituents is 1. The lowest BCUT2D eigenvalue weighted by Gasteiger charge is -2.02. The van der Waals surface area contributed by atoms with Crippen molar-refractivity contribution in [2.75, 3.05) is 12.2 Å². The van der Waals surface area contributed by atoms with Gasteiger partial charge >= 0.3 is 0 Å². The van der Waals surface area contributed by atoms with E-state index in [-0.39, 0.29) is 12.5 Å². The summed E-state index contributed by atoms with van der Waals surface area (Å²) in [6, 6.07) is 10.6. The maximum absolute atomic E-state index is 12.1. The van der Waals surface area contributed by atoms with Crippen molar-refractivity contribution in [1.29, 1.82) is 0 Å². The number of carbonyl (C=O) groups excluding carboxylic acids is 1. The third-order valence-corrected chi connectivity index (χ3v) is 3.49. The average Bonchev–Trinajstić information content (AvgIpc) is 3.14. The lowest BCUT2D eigenvalue weighted by Crippen LogP contribution is -2.19. The van der Waals surface area contributed by atoms with Crippen LogP contribution in [0.2, 0.25) is 0 Å². The topological polar surface area (TPSA) is 127 Å². The standard InChI is InChI=1S/C17H15N5O5/c1-11(9-18-20-13-3-5-14(6-4-13)22(24)25)19-21-17(23)12-2-7-15-16(8-12)27-10-26-15/h2-9,20H,10H2,1H3,(H,21,23)/b18-9+,19-11+. The number of rotatable bonds is 6. The maximum Gasteiger partial charge on any atom is 0.271 e. The second-order valence-corrected chi connectivity index (χ2v) is 5.44. The first-order valence-corrected chi connectivity index (χ1v) is 7.81. The molecule has 0 aliphatic carbocycles. The second-order valence-electron chi connectivity index (χ2n) is 5.44. The molecule has 10 nitrogen and oxygen atoms in total. The zero-order valence-corrected chi connectivity index (χ0v) is 14.2. The van der Waals surface area contributed by atoms with Crippen molar-refractivity contribution in [3.8, 4) is 11.5 Å². The largest absolute Gasteiger partial charge is 0.454 e. The van der Waals surface area contributed by atoms with Crippen LogP contribution in [0.3, 0.4) is 0 Å². The Labute approximate surface area is 153 Å². The summed E-state index contributed by atoms with van der Waals surface area (Å²) < 4.78 is 10.4. The van der Waals surface area contributed by atoms with Crippen LogP contribution in [0.25, 0.3) is 0 Å². The Bertz CT molecular complexity index is 924. The third-order valence-electron chi connectivity index (χ3n) is 3.49. The van der Waals surface area contributed by atoms with Gasteiger partial charge in [0.1, 0.15) is 0 Å². The highest BCUT2D eigenvalue weighted by atomic mass is 16.7. The van der Waals surface area contributed by atoms with Crippen LogP contribution in [-0.4, -0.2) is 29.5 Å². The van der Waals surface area contributed by atoms with Gasteiger partial charge in [0.15, 0.2) is 11.5 Å². The highest BCUT2D eigenvalue weighted by Gasteiger charge is 2.15. The first-order chi connectivity index (χ1) is 13.0. The Balaban J connectivity index is 1.53. The molecule has 0 radical (unpaired) electrons. The van der Waals surface area contributed by atoms with Crippen LogP contribution in [0.1, 0.15) is 17.3 Å². The summed E-state index contributed by atoms with van der Waals surface area (Å²) in [5.41, 5.74) is 6.53. The monoisotopic (exact) mass is 369 g/mol. The fourth-order valence-electron chi connectivity index (χ4n) is 2.13. The molecule has 2 aromatic rings. The summed E-state index contributed by atoms with van der Waals surface area (Å²) in [6.07, 6.45) is 1.40. The number of anilines is 1. The number of ether oxygens (including phenoxy) is 2. The van der Waals surface area contributed by atoms with Crippen LogP contribution in [0, 0.1) is 10.1 Å². The van der Waals surface area contributed by atoms with Crippen molar-refractivity contribution < 1.29 is 19.2 Å².